The molecule has 2 heterocycles. The Kier molecular flexibility index (Phi) is 2.21. The van der Waals surface area contributed by atoms with Crippen molar-refractivity contribution in [2.24, 2.45) is 0 Å². The second-order valence-electron chi connectivity index (χ2n) is 5.21. The Bertz CT molecular complexity index is 375. The Morgan fingerprint density at radius 3 is 2.94 bits per heavy atom. The third-order valence-electron chi connectivity index (χ3n) is 4.06. The first-order valence-corrected chi connectivity index (χ1v) is 6.14. The molecule has 0 radical (unpaired) electrons. The van der Waals surface area contributed by atoms with Gasteiger partial charge in [0, 0.05) is 18.4 Å². The molecule has 3 rings (SSSR count). The van der Waals surface area contributed by atoms with Crippen LogP contribution in [-0.2, 0) is 4.74 Å². The summed E-state index contributed by atoms with van der Waals surface area (Å²) in [6.45, 7) is 2.88. The van der Waals surface area contributed by atoms with Gasteiger partial charge in [0.25, 0.3) is 0 Å². The number of hydrogen-bond acceptors (Lipinski definition) is 3. The largest absolute Gasteiger partial charge is 0.382 e. The molecule has 2 aliphatic rings. The van der Waals surface area contributed by atoms with Gasteiger partial charge in [-0.2, -0.15) is 5.10 Å². The Labute approximate surface area is 95.8 Å². The third kappa shape index (κ3) is 1.52. The summed E-state index contributed by atoms with van der Waals surface area (Å²) in [6.07, 6.45) is 7.99. The highest BCUT2D eigenvalue weighted by Crippen LogP contribution is 2.45. The molecule has 2 fully saturated rings. The quantitative estimate of drug-likeness (QED) is 0.789. The molecular formula is C12H19N3O. The summed E-state index contributed by atoms with van der Waals surface area (Å²) in [6, 6.07) is 0.477. The number of rotatable bonds is 1. The fraction of sp³-hybridized carbons (Fsp3) is 0.750. The lowest BCUT2D eigenvalue weighted by atomic mass is 9.74. The van der Waals surface area contributed by atoms with Crippen LogP contribution in [0.5, 0.6) is 0 Å². The molecule has 1 aliphatic heterocycles. The fourth-order valence-corrected chi connectivity index (χ4v) is 2.83. The molecule has 0 aromatic carbocycles. The van der Waals surface area contributed by atoms with Crippen LogP contribution in [0.15, 0.2) is 6.20 Å². The highest BCUT2D eigenvalue weighted by molar-refractivity contribution is 5.35. The zero-order valence-electron chi connectivity index (χ0n) is 9.78. The van der Waals surface area contributed by atoms with Gasteiger partial charge in [-0.1, -0.05) is 0 Å². The molecule has 4 heteroatoms. The van der Waals surface area contributed by atoms with Crippen molar-refractivity contribution in [3.8, 4) is 0 Å². The molecule has 4 nitrogen and oxygen atoms in total. The standard InChI is InChI=1S/C12H19N3O/c1-9-8-15(14-11(9)13)10-3-6-16-12(7-10)4-2-5-12/h8,10H,2-7H2,1H3,(H2,13,14). The normalized spacial score (nSPS) is 27.9. The second-order valence-corrected chi connectivity index (χ2v) is 5.21. The van der Waals surface area contributed by atoms with E-state index >= 15 is 0 Å². The van der Waals surface area contributed by atoms with E-state index in [9.17, 15) is 0 Å². The number of aromatic nitrogens is 2. The van der Waals surface area contributed by atoms with Gasteiger partial charge in [-0.15, -0.1) is 0 Å². The molecule has 0 amide bonds. The molecular weight excluding hydrogens is 202 g/mol. The van der Waals surface area contributed by atoms with Gasteiger partial charge < -0.3 is 10.5 Å². The van der Waals surface area contributed by atoms with Crippen LogP contribution in [-0.4, -0.2) is 22.0 Å². The number of hydrogen-bond donors (Lipinski definition) is 1. The average Bonchev–Trinajstić information content (AvgIpc) is 2.57. The number of nitrogens with zero attached hydrogens (tertiary/aromatic N) is 2. The van der Waals surface area contributed by atoms with Crippen LogP contribution < -0.4 is 5.73 Å². The van der Waals surface area contributed by atoms with Gasteiger partial charge in [0.05, 0.1) is 11.6 Å². The summed E-state index contributed by atoms with van der Waals surface area (Å²) in [5, 5.41) is 4.40. The van der Waals surface area contributed by atoms with E-state index < -0.39 is 0 Å². The minimum absolute atomic E-state index is 0.178. The predicted molar refractivity (Wildman–Crippen MR) is 62.2 cm³/mol. The Hall–Kier alpha value is -1.03. The van der Waals surface area contributed by atoms with Gasteiger partial charge in [-0.05, 0) is 39.0 Å². The van der Waals surface area contributed by atoms with Crippen molar-refractivity contribution in [3.63, 3.8) is 0 Å². The van der Waals surface area contributed by atoms with Gasteiger partial charge in [0.1, 0.15) is 5.82 Å². The topological polar surface area (TPSA) is 53.1 Å². The lowest BCUT2D eigenvalue weighted by Gasteiger charge is -2.47. The minimum Gasteiger partial charge on any atom is -0.382 e. The van der Waals surface area contributed by atoms with Crippen LogP contribution in [0, 0.1) is 6.92 Å². The number of nitrogen functional groups attached to an aromatic ring is 1. The van der Waals surface area contributed by atoms with Crippen LogP contribution >= 0.6 is 0 Å². The van der Waals surface area contributed by atoms with Crippen LogP contribution in [0.25, 0.3) is 0 Å². The Morgan fingerprint density at radius 1 is 1.56 bits per heavy atom. The van der Waals surface area contributed by atoms with Crippen LogP contribution in [0.3, 0.4) is 0 Å². The maximum atomic E-state index is 5.92. The van der Waals surface area contributed by atoms with Crippen LogP contribution in [0.4, 0.5) is 5.82 Å². The van der Waals surface area contributed by atoms with Crippen molar-refractivity contribution in [1.82, 2.24) is 9.78 Å². The van der Waals surface area contributed by atoms with E-state index in [1.807, 2.05) is 11.6 Å². The Morgan fingerprint density at radius 2 is 2.38 bits per heavy atom. The summed E-state index contributed by atoms with van der Waals surface area (Å²) in [4.78, 5) is 0. The van der Waals surface area contributed by atoms with E-state index in [1.165, 1.54) is 19.3 Å². The molecule has 1 spiro atoms. The van der Waals surface area contributed by atoms with E-state index in [1.54, 1.807) is 0 Å². The van der Waals surface area contributed by atoms with Crippen molar-refractivity contribution in [2.75, 3.05) is 12.3 Å². The first-order chi connectivity index (χ1) is 7.69. The maximum Gasteiger partial charge on any atom is 0.148 e. The molecule has 0 bridgehead atoms. The molecule has 88 valence electrons. The van der Waals surface area contributed by atoms with Gasteiger partial charge >= 0.3 is 0 Å². The van der Waals surface area contributed by atoms with Crippen molar-refractivity contribution < 1.29 is 4.74 Å². The fourth-order valence-electron chi connectivity index (χ4n) is 2.83. The molecule has 1 aromatic heterocycles. The lowest BCUT2D eigenvalue weighted by molar-refractivity contribution is -0.141. The highest BCUT2D eigenvalue weighted by atomic mass is 16.5. The summed E-state index contributed by atoms with van der Waals surface area (Å²) >= 11 is 0. The molecule has 1 unspecified atom stereocenters. The molecule has 1 aromatic rings. The summed E-state index contributed by atoms with van der Waals surface area (Å²) in [5.74, 6) is 0.661. The maximum absolute atomic E-state index is 5.92. The van der Waals surface area contributed by atoms with Crippen LogP contribution in [0.1, 0.15) is 43.7 Å². The summed E-state index contributed by atoms with van der Waals surface area (Å²) in [5.41, 5.74) is 7.05. The van der Waals surface area contributed by atoms with Crippen molar-refractivity contribution in [2.45, 2.75) is 50.7 Å². The number of nitrogens with two attached hydrogens (primary N) is 1. The molecule has 1 aliphatic carbocycles. The highest BCUT2D eigenvalue weighted by Gasteiger charge is 2.43. The first-order valence-electron chi connectivity index (χ1n) is 6.14. The van der Waals surface area contributed by atoms with Gasteiger partial charge in [-0.3, -0.25) is 4.68 Å². The van der Waals surface area contributed by atoms with E-state index in [0.29, 0.717) is 11.9 Å². The van der Waals surface area contributed by atoms with Crippen LogP contribution in [0.2, 0.25) is 0 Å². The summed E-state index contributed by atoms with van der Waals surface area (Å²) < 4.78 is 7.97. The van der Waals surface area contributed by atoms with E-state index in [4.69, 9.17) is 10.5 Å². The molecule has 1 atom stereocenters. The zero-order valence-corrected chi connectivity index (χ0v) is 9.78. The van der Waals surface area contributed by atoms with Gasteiger partial charge in [0.2, 0.25) is 0 Å². The predicted octanol–water partition coefficient (Wildman–Crippen LogP) is 2.05. The lowest BCUT2D eigenvalue weighted by Crippen LogP contribution is -2.46. The van der Waals surface area contributed by atoms with Crippen molar-refractivity contribution >= 4 is 5.82 Å². The molecule has 1 saturated heterocycles. The number of anilines is 1. The third-order valence-corrected chi connectivity index (χ3v) is 4.06. The first kappa shape index (κ1) is 10.1. The van der Waals surface area contributed by atoms with E-state index in [-0.39, 0.29) is 5.60 Å². The number of ether oxygens (including phenoxy) is 1. The number of aryl methyl sites for hydroxylation is 1. The minimum atomic E-state index is 0.178. The smallest absolute Gasteiger partial charge is 0.148 e. The van der Waals surface area contributed by atoms with Gasteiger partial charge in [-0.25, -0.2) is 0 Å². The van der Waals surface area contributed by atoms with Crippen molar-refractivity contribution in [3.05, 3.63) is 11.8 Å². The van der Waals surface area contributed by atoms with Crippen molar-refractivity contribution in [1.29, 1.82) is 0 Å². The van der Waals surface area contributed by atoms with Gasteiger partial charge in [0.15, 0.2) is 0 Å². The average molecular weight is 221 g/mol. The van der Waals surface area contributed by atoms with E-state index in [2.05, 4.69) is 11.3 Å². The molecule has 1 saturated carbocycles. The second kappa shape index (κ2) is 3.48. The zero-order chi connectivity index (χ0) is 11.2. The SMILES string of the molecule is Cc1cn(C2CCOC3(CCC3)C2)nc1N. The summed E-state index contributed by atoms with van der Waals surface area (Å²) in [7, 11) is 0. The molecule has 16 heavy (non-hydrogen) atoms. The molecule has 2 N–H and O–H groups in total. The monoisotopic (exact) mass is 221 g/mol. The van der Waals surface area contributed by atoms with E-state index in [0.717, 1.165) is 25.0 Å². The Balaban J connectivity index is 1.79.